The van der Waals surface area contributed by atoms with Crippen LogP contribution in [0.1, 0.15) is 5.56 Å². The molecule has 2 aliphatic rings. The quantitative estimate of drug-likeness (QED) is 0.375. The van der Waals surface area contributed by atoms with Crippen molar-refractivity contribution in [2.24, 2.45) is 0 Å². The number of nitrogens with one attached hydrogen (secondary N) is 1. The van der Waals surface area contributed by atoms with Gasteiger partial charge in [0.1, 0.15) is 11.3 Å². The fraction of sp³-hybridized carbons (Fsp3) is 0.143. The predicted molar refractivity (Wildman–Crippen MR) is 113 cm³/mol. The monoisotopic (exact) mass is 502 g/mol. The molecule has 10 nitrogen and oxygen atoms in total. The minimum atomic E-state index is -0.872. The molecule has 2 aromatic carbocycles. The maximum absolute atomic E-state index is 13.0. The molecule has 0 radical (unpaired) electrons. The molecule has 2 heterocycles. The number of esters is 1. The lowest BCUT2D eigenvalue weighted by molar-refractivity contribution is -0.143. The first-order valence-electron chi connectivity index (χ1n) is 9.17. The molecule has 0 saturated carbocycles. The minimum absolute atomic E-state index is 0.0385. The molecule has 2 aromatic rings. The van der Waals surface area contributed by atoms with Gasteiger partial charge >= 0.3 is 12.0 Å². The summed E-state index contributed by atoms with van der Waals surface area (Å²) in [5.41, 5.74) is 0.473. The molecule has 4 rings (SSSR count). The number of hydrogen-bond donors (Lipinski definition) is 1. The van der Waals surface area contributed by atoms with Crippen molar-refractivity contribution in [3.63, 3.8) is 0 Å². The van der Waals surface area contributed by atoms with Crippen molar-refractivity contribution in [3.8, 4) is 17.2 Å². The van der Waals surface area contributed by atoms with Crippen molar-refractivity contribution in [2.45, 2.75) is 0 Å². The van der Waals surface area contributed by atoms with E-state index in [4.69, 9.17) is 14.2 Å². The van der Waals surface area contributed by atoms with Crippen LogP contribution in [0, 0.1) is 0 Å². The molecule has 0 atom stereocenters. The van der Waals surface area contributed by atoms with E-state index in [2.05, 4.69) is 26.0 Å². The third-order valence-electron chi connectivity index (χ3n) is 4.56. The summed E-state index contributed by atoms with van der Waals surface area (Å²) in [6.07, 6.45) is 1.35. The van der Waals surface area contributed by atoms with E-state index in [0.29, 0.717) is 27.3 Å². The van der Waals surface area contributed by atoms with Gasteiger partial charge < -0.3 is 18.9 Å². The maximum atomic E-state index is 13.0. The fourth-order valence-electron chi connectivity index (χ4n) is 3.00. The highest BCUT2D eigenvalue weighted by Gasteiger charge is 2.37. The van der Waals surface area contributed by atoms with Crippen molar-refractivity contribution < 1.29 is 38.1 Å². The number of ether oxygens (including phenoxy) is 4. The van der Waals surface area contributed by atoms with Gasteiger partial charge in [-0.05, 0) is 51.8 Å². The van der Waals surface area contributed by atoms with Gasteiger partial charge in [0, 0.05) is 6.07 Å². The van der Waals surface area contributed by atoms with Crippen LogP contribution in [0.5, 0.6) is 17.2 Å². The van der Waals surface area contributed by atoms with Crippen molar-refractivity contribution in [1.82, 2.24) is 5.32 Å². The van der Waals surface area contributed by atoms with Crippen LogP contribution in [0.15, 0.2) is 46.4 Å². The van der Waals surface area contributed by atoms with Gasteiger partial charge in [0.25, 0.3) is 11.8 Å². The summed E-state index contributed by atoms with van der Waals surface area (Å²) < 4.78 is 20.9. The standard InChI is InChI=1S/C21H15BrN2O8/c1-29-18(25)9-30-15-4-2-11(7-14(15)22)6-13-19(26)23-21(28)24(20(13)27)12-3-5-16-17(8-12)32-10-31-16/h2-8H,9-10H2,1H3,(H,23,26,28)/b13-6+. The van der Waals surface area contributed by atoms with E-state index < -0.39 is 23.8 Å². The fourth-order valence-corrected chi connectivity index (χ4v) is 3.51. The number of rotatable bonds is 5. The zero-order valence-electron chi connectivity index (χ0n) is 16.5. The van der Waals surface area contributed by atoms with Crippen LogP contribution >= 0.6 is 15.9 Å². The topological polar surface area (TPSA) is 120 Å². The Hall–Kier alpha value is -3.86. The number of anilines is 1. The number of carbonyl (C=O) groups excluding carboxylic acids is 4. The first-order chi connectivity index (χ1) is 15.4. The summed E-state index contributed by atoms with van der Waals surface area (Å²) in [6, 6.07) is 8.45. The lowest BCUT2D eigenvalue weighted by Gasteiger charge is -2.26. The normalized spacial score (nSPS) is 16.2. The van der Waals surface area contributed by atoms with E-state index >= 15 is 0 Å². The molecule has 2 aliphatic heterocycles. The number of methoxy groups -OCH3 is 1. The molecular formula is C21H15BrN2O8. The van der Waals surface area contributed by atoms with Crippen molar-refractivity contribution in [3.05, 3.63) is 52.0 Å². The summed E-state index contributed by atoms with van der Waals surface area (Å²) in [4.78, 5) is 49.9. The van der Waals surface area contributed by atoms with E-state index in [1.165, 1.54) is 25.3 Å². The Morgan fingerprint density at radius 3 is 2.69 bits per heavy atom. The molecule has 1 saturated heterocycles. The number of halogens is 1. The largest absolute Gasteiger partial charge is 0.481 e. The minimum Gasteiger partial charge on any atom is -0.481 e. The Labute approximate surface area is 189 Å². The van der Waals surface area contributed by atoms with Gasteiger partial charge in [0.15, 0.2) is 18.1 Å². The van der Waals surface area contributed by atoms with Crippen LogP contribution in [-0.2, 0) is 19.1 Å². The van der Waals surface area contributed by atoms with E-state index in [1.807, 2.05) is 0 Å². The zero-order valence-corrected chi connectivity index (χ0v) is 18.1. The van der Waals surface area contributed by atoms with Gasteiger partial charge in [-0.1, -0.05) is 6.07 Å². The Morgan fingerprint density at radius 1 is 1.16 bits per heavy atom. The number of benzene rings is 2. The molecule has 0 unspecified atom stereocenters. The SMILES string of the molecule is COC(=O)COc1ccc(/C=C2\C(=O)NC(=O)N(c3ccc4c(c3)OCO4)C2=O)cc1Br. The maximum Gasteiger partial charge on any atom is 0.343 e. The second kappa shape index (κ2) is 8.71. The second-order valence-corrected chi connectivity index (χ2v) is 7.40. The van der Waals surface area contributed by atoms with Gasteiger partial charge in [-0.2, -0.15) is 0 Å². The molecular weight excluding hydrogens is 488 g/mol. The molecule has 1 N–H and O–H groups in total. The predicted octanol–water partition coefficient (Wildman–Crippen LogP) is 2.40. The Morgan fingerprint density at radius 2 is 1.94 bits per heavy atom. The second-order valence-electron chi connectivity index (χ2n) is 6.55. The molecule has 0 aliphatic carbocycles. The number of amides is 4. The number of urea groups is 1. The third-order valence-corrected chi connectivity index (χ3v) is 5.18. The molecule has 164 valence electrons. The molecule has 0 aromatic heterocycles. The molecule has 0 bridgehead atoms. The Kier molecular flexibility index (Phi) is 5.82. The van der Waals surface area contributed by atoms with E-state index in [9.17, 15) is 19.2 Å². The lowest BCUT2D eigenvalue weighted by Crippen LogP contribution is -2.54. The highest BCUT2D eigenvalue weighted by Crippen LogP contribution is 2.36. The Balaban J connectivity index is 1.60. The molecule has 1 fully saturated rings. The van der Waals surface area contributed by atoms with Crippen LogP contribution in [0.2, 0.25) is 0 Å². The van der Waals surface area contributed by atoms with Crippen molar-refractivity contribution >= 4 is 51.5 Å². The number of hydrogen-bond acceptors (Lipinski definition) is 8. The first-order valence-corrected chi connectivity index (χ1v) is 9.97. The van der Waals surface area contributed by atoms with E-state index in [0.717, 1.165) is 4.90 Å². The highest BCUT2D eigenvalue weighted by atomic mass is 79.9. The summed E-state index contributed by atoms with van der Waals surface area (Å²) >= 11 is 3.32. The smallest absolute Gasteiger partial charge is 0.343 e. The van der Waals surface area contributed by atoms with Crippen molar-refractivity contribution in [1.29, 1.82) is 0 Å². The number of nitrogens with zero attached hydrogens (tertiary/aromatic N) is 1. The van der Waals surface area contributed by atoms with Crippen LogP contribution in [-0.4, -0.2) is 44.3 Å². The number of imide groups is 2. The van der Waals surface area contributed by atoms with E-state index in [1.54, 1.807) is 24.3 Å². The molecule has 0 spiro atoms. The van der Waals surface area contributed by atoms with Gasteiger partial charge in [-0.25, -0.2) is 14.5 Å². The lowest BCUT2D eigenvalue weighted by atomic mass is 10.1. The number of barbiturate groups is 1. The molecule has 11 heteroatoms. The number of fused-ring (bicyclic) bond motifs is 1. The summed E-state index contributed by atoms with van der Waals surface area (Å²) in [5, 5.41) is 2.16. The molecule has 32 heavy (non-hydrogen) atoms. The summed E-state index contributed by atoms with van der Waals surface area (Å²) in [5.74, 6) is -0.907. The van der Waals surface area contributed by atoms with Gasteiger partial charge in [-0.15, -0.1) is 0 Å². The van der Waals surface area contributed by atoms with Crippen LogP contribution in [0.4, 0.5) is 10.5 Å². The van der Waals surface area contributed by atoms with Crippen LogP contribution in [0.25, 0.3) is 6.08 Å². The first kappa shape index (κ1) is 21.4. The molecule has 4 amide bonds. The van der Waals surface area contributed by atoms with Gasteiger partial charge in [-0.3, -0.25) is 14.9 Å². The van der Waals surface area contributed by atoms with Gasteiger partial charge in [0.05, 0.1) is 17.3 Å². The van der Waals surface area contributed by atoms with Gasteiger partial charge in [0.2, 0.25) is 6.79 Å². The van der Waals surface area contributed by atoms with E-state index in [-0.39, 0.29) is 24.7 Å². The highest BCUT2D eigenvalue weighted by molar-refractivity contribution is 9.10. The summed E-state index contributed by atoms with van der Waals surface area (Å²) in [6.45, 7) is -0.236. The van der Waals surface area contributed by atoms with Crippen LogP contribution < -0.4 is 24.4 Å². The van der Waals surface area contributed by atoms with Crippen LogP contribution in [0.3, 0.4) is 0 Å². The Bertz CT molecular complexity index is 1180. The third kappa shape index (κ3) is 4.14. The number of carbonyl (C=O) groups is 4. The van der Waals surface area contributed by atoms with Crippen molar-refractivity contribution in [2.75, 3.05) is 25.4 Å². The summed E-state index contributed by atoms with van der Waals surface area (Å²) in [7, 11) is 1.25. The average Bonchev–Trinajstić information content (AvgIpc) is 3.23. The average molecular weight is 503 g/mol. The zero-order chi connectivity index (χ0) is 22.8.